The summed E-state index contributed by atoms with van der Waals surface area (Å²) in [7, 11) is 1.69. The third-order valence-corrected chi connectivity index (χ3v) is 2.72. The highest BCUT2D eigenvalue weighted by atomic mass is 127. The van der Waals surface area contributed by atoms with E-state index in [1.165, 1.54) is 5.56 Å². The Morgan fingerprint density at radius 1 is 1.29 bits per heavy atom. The van der Waals surface area contributed by atoms with Gasteiger partial charge >= 0.3 is 0 Å². The molecule has 2 N–H and O–H groups in total. The minimum atomic E-state index is -0.00315. The number of hydrogen-bond donors (Lipinski definition) is 2. The Hall–Kier alpha value is -0.980. The second kappa shape index (κ2) is 9.12. The molecule has 0 amide bonds. The van der Waals surface area contributed by atoms with Gasteiger partial charge in [-0.25, -0.2) is 4.99 Å². The summed E-state index contributed by atoms with van der Waals surface area (Å²) in [5, 5.41) is 6.64. The highest BCUT2D eigenvalue weighted by molar-refractivity contribution is 14.0. The number of rotatable bonds is 4. The Bertz CT molecular complexity index is 467. The molecule has 0 atom stereocenters. The average Bonchev–Trinajstić information content (AvgIpc) is 2.34. The van der Waals surface area contributed by atoms with Crippen LogP contribution in [-0.4, -0.2) is 25.2 Å². The van der Waals surface area contributed by atoms with Gasteiger partial charge in [-0.3, -0.25) is 0 Å². The van der Waals surface area contributed by atoms with E-state index in [1.807, 2.05) is 13.0 Å². The number of aliphatic imine (C=N–C) groups is 1. The quantitative estimate of drug-likeness (QED) is 0.458. The molecule has 0 saturated heterocycles. The smallest absolute Gasteiger partial charge is 0.191 e. The lowest BCUT2D eigenvalue weighted by molar-refractivity contribution is 0.411. The van der Waals surface area contributed by atoms with E-state index in [1.54, 1.807) is 7.11 Å². The van der Waals surface area contributed by atoms with Gasteiger partial charge in [-0.15, -0.1) is 24.0 Å². The number of halogens is 1. The van der Waals surface area contributed by atoms with Crippen LogP contribution in [0.15, 0.2) is 23.2 Å². The standard InChI is InChI=1S/C16H27N3O.HI/c1-7-17-15(19-16(3,4)5)18-11-13-8-9-14(20-6)12(2)10-13;/h8-10H,7,11H2,1-6H3,(H2,17,18,19);1H. The lowest BCUT2D eigenvalue weighted by Crippen LogP contribution is -2.47. The second-order valence-corrected chi connectivity index (χ2v) is 5.87. The number of ether oxygens (including phenoxy) is 1. The number of nitrogens with zero attached hydrogens (tertiary/aromatic N) is 1. The summed E-state index contributed by atoms with van der Waals surface area (Å²) < 4.78 is 5.27. The van der Waals surface area contributed by atoms with E-state index in [9.17, 15) is 0 Å². The van der Waals surface area contributed by atoms with Gasteiger partial charge in [-0.1, -0.05) is 12.1 Å². The molecular weight excluding hydrogens is 377 g/mol. The Kier molecular flexibility index (Phi) is 8.70. The van der Waals surface area contributed by atoms with Gasteiger partial charge in [0.05, 0.1) is 13.7 Å². The summed E-state index contributed by atoms with van der Waals surface area (Å²) in [6.45, 7) is 12.0. The molecule has 4 nitrogen and oxygen atoms in total. The minimum Gasteiger partial charge on any atom is -0.496 e. The monoisotopic (exact) mass is 405 g/mol. The summed E-state index contributed by atoms with van der Waals surface area (Å²) in [6, 6.07) is 6.16. The number of aryl methyl sites for hydroxylation is 1. The van der Waals surface area contributed by atoms with Crippen LogP contribution in [0.4, 0.5) is 0 Å². The van der Waals surface area contributed by atoms with Crippen LogP contribution in [-0.2, 0) is 6.54 Å². The van der Waals surface area contributed by atoms with E-state index in [4.69, 9.17) is 4.74 Å². The number of hydrogen-bond acceptors (Lipinski definition) is 2. The zero-order chi connectivity index (χ0) is 15.2. The zero-order valence-corrected chi connectivity index (χ0v) is 16.2. The molecule has 1 aromatic rings. The maximum Gasteiger partial charge on any atom is 0.191 e. The first kappa shape index (κ1) is 20.0. The Balaban J connectivity index is 0.00000400. The van der Waals surface area contributed by atoms with Crippen LogP contribution >= 0.6 is 24.0 Å². The van der Waals surface area contributed by atoms with E-state index in [-0.39, 0.29) is 29.5 Å². The largest absolute Gasteiger partial charge is 0.496 e. The van der Waals surface area contributed by atoms with Crippen LogP contribution in [0.3, 0.4) is 0 Å². The highest BCUT2D eigenvalue weighted by Crippen LogP contribution is 2.18. The first-order valence-corrected chi connectivity index (χ1v) is 7.05. The lowest BCUT2D eigenvalue weighted by Gasteiger charge is -2.23. The molecule has 0 bridgehead atoms. The third-order valence-electron chi connectivity index (χ3n) is 2.72. The van der Waals surface area contributed by atoms with Crippen LogP contribution < -0.4 is 15.4 Å². The highest BCUT2D eigenvalue weighted by Gasteiger charge is 2.11. The van der Waals surface area contributed by atoms with E-state index in [2.05, 4.69) is 55.5 Å². The van der Waals surface area contributed by atoms with Crippen molar-refractivity contribution in [2.75, 3.05) is 13.7 Å². The van der Waals surface area contributed by atoms with Gasteiger partial charge in [0.25, 0.3) is 0 Å². The molecule has 0 aliphatic heterocycles. The molecule has 120 valence electrons. The summed E-state index contributed by atoms with van der Waals surface area (Å²) in [5.41, 5.74) is 2.31. The minimum absolute atomic E-state index is 0. The first-order valence-electron chi connectivity index (χ1n) is 7.05. The molecule has 0 fully saturated rings. The molecule has 0 saturated carbocycles. The van der Waals surface area contributed by atoms with Crippen molar-refractivity contribution >= 4 is 29.9 Å². The summed E-state index contributed by atoms with van der Waals surface area (Å²) in [5.74, 6) is 1.76. The Morgan fingerprint density at radius 3 is 2.43 bits per heavy atom. The van der Waals surface area contributed by atoms with Crippen molar-refractivity contribution < 1.29 is 4.74 Å². The van der Waals surface area contributed by atoms with Crippen molar-refractivity contribution in [3.8, 4) is 5.75 Å². The van der Waals surface area contributed by atoms with Gasteiger partial charge in [0.15, 0.2) is 5.96 Å². The van der Waals surface area contributed by atoms with Gasteiger partial charge in [0.2, 0.25) is 0 Å². The summed E-state index contributed by atoms with van der Waals surface area (Å²) in [4.78, 5) is 4.62. The maximum atomic E-state index is 5.27. The molecule has 1 aromatic carbocycles. The fourth-order valence-corrected chi connectivity index (χ4v) is 1.87. The third kappa shape index (κ3) is 7.55. The van der Waals surface area contributed by atoms with Crippen molar-refractivity contribution in [3.05, 3.63) is 29.3 Å². The molecule has 1 rings (SSSR count). The number of nitrogens with one attached hydrogen (secondary N) is 2. The summed E-state index contributed by atoms with van der Waals surface area (Å²) >= 11 is 0. The number of benzene rings is 1. The molecule has 0 radical (unpaired) electrons. The normalized spacial score (nSPS) is 11.6. The van der Waals surface area contributed by atoms with E-state index in [0.29, 0.717) is 6.54 Å². The first-order chi connectivity index (χ1) is 9.35. The van der Waals surface area contributed by atoms with Crippen LogP contribution in [0.25, 0.3) is 0 Å². The molecule has 0 spiro atoms. The molecule has 5 heteroatoms. The predicted octanol–water partition coefficient (Wildman–Crippen LogP) is 3.48. The van der Waals surface area contributed by atoms with Crippen molar-refractivity contribution in [1.29, 1.82) is 0 Å². The predicted molar refractivity (Wildman–Crippen MR) is 101 cm³/mol. The van der Waals surface area contributed by atoms with Crippen molar-refractivity contribution in [3.63, 3.8) is 0 Å². The van der Waals surface area contributed by atoms with Crippen LogP contribution in [0.5, 0.6) is 5.75 Å². The fourth-order valence-electron chi connectivity index (χ4n) is 1.87. The fraction of sp³-hybridized carbons (Fsp3) is 0.562. The lowest BCUT2D eigenvalue weighted by atomic mass is 10.1. The molecule has 0 unspecified atom stereocenters. The molecule has 0 heterocycles. The van der Waals surface area contributed by atoms with Gasteiger partial charge in [0, 0.05) is 12.1 Å². The zero-order valence-electron chi connectivity index (χ0n) is 13.9. The van der Waals surface area contributed by atoms with Crippen LogP contribution in [0.2, 0.25) is 0 Å². The van der Waals surface area contributed by atoms with Crippen molar-refractivity contribution in [1.82, 2.24) is 10.6 Å². The topological polar surface area (TPSA) is 45.7 Å². The van der Waals surface area contributed by atoms with Crippen LogP contribution in [0.1, 0.15) is 38.8 Å². The molecule has 0 aromatic heterocycles. The molecule has 21 heavy (non-hydrogen) atoms. The number of methoxy groups -OCH3 is 1. The molecule has 0 aliphatic rings. The average molecular weight is 405 g/mol. The Labute approximate surface area is 145 Å². The summed E-state index contributed by atoms with van der Waals surface area (Å²) in [6.07, 6.45) is 0. The SMILES string of the molecule is CCNC(=NCc1ccc(OC)c(C)c1)NC(C)(C)C.I. The van der Waals surface area contributed by atoms with Gasteiger partial charge < -0.3 is 15.4 Å². The van der Waals surface area contributed by atoms with E-state index >= 15 is 0 Å². The molecular formula is C16H28IN3O. The Morgan fingerprint density at radius 2 is 1.95 bits per heavy atom. The van der Waals surface area contributed by atoms with Crippen LogP contribution in [0, 0.1) is 6.92 Å². The number of guanidine groups is 1. The molecule has 0 aliphatic carbocycles. The van der Waals surface area contributed by atoms with Crippen molar-refractivity contribution in [2.45, 2.75) is 46.7 Å². The van der Waals surface area contributed by atoms with E-state index in [0.717, 1.165) is 23.8 Å². The van der Waals surface area contributed by atoms with E-state index < -0.39 is 0 Å². The maximum absolute atomic E-state index is 5.27. The second-order valence-electron chi connectivity index (χ2n) is 5.87. The van der Waals surface area contributed by atoms with Gasteiger partial charge in [-0.05, 0) is 51.8 Å². The van der Waals surface area contributed by atoms with Crippen molar-refractivity contribution in [2.24, 2.45) is 4.99 Å². The van der Waals surface area contributed by atoms with Gasteiger partial charge in [0.1, 0.15) is 5.75 Å². The van der Waals surface area contributed by atoms with Gasteiger partial charge in [-0.2, -0.15) is 0 Å².